The highest BCUT2D eigenvalue weighted by Gasteiger charge is 2.08. The summed E-state index contributed by atoms with van der Waals surface area (Å²) in [5, 5.41) is 25.3. The molecule has 1 aromatic heterocycles. The molecule has 96 valence electrons. The van der Waals surface area contributed by atoms with Crippen molar-refractivity contribution in [3.63, 3.8) is 0 Å². The van der Waals surface area contributed by atoms with Crippen LogP contribution in [0.15, 0.2) is 24.3 Å². The van der Waals surface area contributed by atoms with Gasteiger partial charge in [0.05, 0.1) is 18.8 Å². The largest absolute Gasteiger partial charge is 0.394 e. The van der Waals surface area contributed by atoms with E-state index < -0.39 is 0 Å². The molecule has 0 unspecified atom stereocenters. The number of hydrogen-bond donors (Lipinski definition) is 1. The number of hydrogen-bond acceptors (Lipinski definition) is 4. The Labute approximate surface area is 109 Å². The van der Waals surface area contributed by atoms with Crippen molar-refractivity contribution in [3.05, 3.63) is 47.0 Å². The summed E-state index contributed by atoms with van der Waals surface area (Å²) in [5.41, 5.74) is 1.50. The number of aliphatic hydroxyl groups excluding tert-OH is 1. The fourth-order valence-corrected chi connectivity index (χ4v) is 1.57. The third-order valence-corrected chi connectivity index (χ3v) is 2.49. The molecule has 19 heavy (non-hydrogen) atoms. The van der Waals surface area contributed by atoms with Gasteiger partial charge in [-0.2, -0.15) is 5.26 Å². The molecule has 0 aliphatic carbocycles. The van der Waals surface area contributed by atoms with Gasteiger partial charge in [0, 0.05) is 0 Å². The van der Waals surface area contributed by atoms with Crippen LogP contribution in [0.2, 0.25) is 0 Å². The van der Waals surface area contributed by atoms with E-state index in [-0.39, 0.29) is 24.7 Å². The van der Waals surface area contributed by atoms with Crippen LogP contribution in [-0.2, 0) is 6.54 Å². The Morgan fingerprint density at radius 2 is 2.05 bits per heavy atom. The highest BCUT2D eigenvalue weighted by atomic mass is 19.1. The van der Waals surface area contributed by atoms with Gasteiger partial charge in [0.25, 0.3) is 0 Å². The zero-order valence-corrected chi connectivity index (χ0v) is 9.99. The summed E-state index contributed by atoms with van der Waals surface area (Å²) in [6.45, 7) is 0.170. The molecule has 0 aliphatic heterocycles. The summed E-state index contributed by atoms with van der Waals surface area (Å²) in [6.07, 6.45) is 3.40. The lowest BCUT2D eigenvalue weighted by atomic mass is 10.2. The summed E-state index contributed by atoms with van der Waals surface area (Å²) in [7, 11) is 0. The molecular weight excluding hydrogens is 247 g/mol. The van der Waals surface area contributed by atoms with Gasteiger partial charge in [-0.05, 0) is 23.8 Å². The molecule has 0 spiro atoms. The minimum Gasteiger partial charge on any atom is -0.394 e. The Morgan fingerprint density at radius 3 is 2.68 bits per heavy atom. The molecule has 1 N–H and O–H groups in total. The van der Waals surface area contributed by atoms with E-state index in [1.807, 2.05) is 6.07 Å². The van der Waals surface area contributed by atoms with E-state index in [9.17, 15) is 4.39 Å². The lowest BCUT2D eigenvalue weighted by molar-refractivity contribution is 0.267. The van der Waals surface area contributed by atoms with Crippen molar-refractivity contribution in [2.45, 2.75) is 6.54 Å². The van der Waals surface area contributed by atoms with Crippen LogP contribution < -0.4 is 0 Å². The van der Waals surface area contributed by atoms with Crippen molar-refractivity contribution < 1.29 is 9.50 Å². The highest BCUT2D eigenvalue weighted by Crippen LogP contribution is 2.11. The first-order valence-corrected chi connectivity index (χ1v) is 5.62. The summed E-state index contributed by atoms with van der Waals surface area (Å²) < 4.78 is 14.2. The first kappa shape index (κ1) is 12.9. The van der Waals surface area contributed by atoms with Crippen LogP contribution in [0.5, 0.6) is 0 Å². The normalized spacial score (nSPS) is 10.8. The van der Waals surface area contributed by atoms with E-state index in [4.69, 9.17) is 10.4 Å². The molecule has 0 saturated heterocycles. The van der Waals surface area contributed by atoms with E-state index in [1.165, 1.54) is 16.8 Å². The SMILES string of the molecule is N#Cc1nnn(CCO)c1/C=C/c1ccc(F)cc1. The van der Waals surface area contributed by atoms with Crippen LogP contribution in [-0.4, -0.2) is 26.7 Å². The summed E-state index contributed by atoms with van der Waals surface area (Å²) in [6, 6.07) is 7.89. The molecule has 0 amide bonds. The van der Waals surface area contributed by atoms with Crippen molar-refractivity contribution in [1.29, 1.82) is 5.26 Å². The molecule has 0 fully saturated rings. The van der Waals surface area contributed by atoms with E-state index in [0.717, 1.165) is 5.56 Å². The summed E-state index contributed by atoms with van der Waals surface area (Å²) in [5.74, 6) is -0.304. The standard InChI is InChI=1S/C13H11FN4O/c14-11-4-1-10(2-5-11)3-6-13-12(9-15)16-17-18(13)7-8-19/h1-6,19H,7-8H2/b6-3+. The molecule has 1 heterocycles. The quantitative estimate of drug-likeness (QED) is 0.900. The van der Waals surface area contributed by atoms with Gasteiger partial charge >= 0.3 is 0 Å². The Morgan fingerprint density at radius 1 is 1.32 bits per heavy atom. The van der Waals surface area contributed by atoms with Crippen LogP contribution in [0, 0.1) is 17.1 Å². The molecule has 1 aromatic carbocycles. The minimum absolute atomic E-state index is 0.0917. The van der Waals surface area contributed by atoms with Crippen LogP contribution in [0.3, 0.4) is 0 Å². The van der Waals surface area contributed by atoms with Crippen LogP contribution in [0.1, 0.15) is 17.0 Å². The van der Waals surface area contributed by atoms with Gasteiger partial charge in [-0.15, -0.1) is 5.10 Å². The second kappa shape index (κ2) is 5.89. The number of aromatic nitrogens is 3. The highest BCUT2D eigenvalue weighted by molar-refractivity contribution is 5.69. The van der Waals surface area contributed by atoms with Crippen molar-refractivity contribution in [1.82, 2.24) is 15.0 Å². The number of benzene rings is 1. The van der Waals surface area contributed by atoms with Gasteiger partial charge in [0.15, 0.2) is 5.69 Å². The zero-order valence-electron chi connectivity index (χ0n) is 9.99. The van der Waals surface area contributed by atoms with Gasteiger partial charge in [-0.1, -0.05) is 23.4 Å². The molecular formula is C13H11FN4O. The summed E-state index contributed by atoms with van der Waals surface area (Å²) in [4.78, 5) is 0. The van der Waals surface area contributed by atoms with Gasteiger partial charge in [0.1, 0.15) is 11.9 Å². The molecule has 6 heteroatoms. The monoisotopic (exact) mass is 258 g/mol. The van der Waals surface area contributed by atoms with Crippen molar-refractivity contribution >= 4 is 12.2 Å². The number of nitriles is 1. The van der Waals surface area contributed by atoms with E-state index in [2.05, 4.69) is 10.3 Å². The Kier molecular flexibility index (Phi) is 4.00. The Balaban J connectivity index is 2.29. The predicted molar refractivity (Wildman–Crippen MR) is 67.2 cm³/mol. The van der Waals surface area contributed by atoms with E-state index >= 15 is 0 Å². The first-order valence-electron chi connectivity index (χ1n) is 5.62. The van der Waals surface area contributed by atoms with Gasteiger partial charge in [0.2, 0.25) is 0 Å². The summed E-state index contributed by atoms with van der Waals surface area (Å²) >= 11 is 0. The van der Waals surface area contributed by atoms with E-state index in [0.29, 0.717) is 5.69 Å². The van der Waals surface area contributed by atoms with Gasteiger partial charge < -0.3 is 5.11 Å². The Bertz CT molecular complexity index is 625. The molecule has 2 aromatic rings. The molecule has 5 nitrogen and oxygen atoms in total. The molecule has 0 radical (unpaired) electrons. The molecule has 0 bridgehead atoms. The van der Waals surface area contributed by atoms with Crippen molar-refractivity contribution in [2.75, 3.05) is 6.61 Å². The lowest BCUT2D eigenvalue weighted by Crippen LogP contribution is -2.06. The number of rotatable bonds is 4. The molecule has 0 atom stereocenters. The smallest absolute Gasteiger partial charge is 0.190 e. The van der Waals surface area contributed by atoms with Crippen LogP contribution in [0.4, 0.5) is 4.39 Å². The van der Waals surface area contributed by atoms with Gasteiger partial charge in [-0.3, -0.25) is 0 Å². The van der Waals surface area contributed by atoms with Crippen LogP contribution >= 0.6 is 0 Å². The fourth-order valence-electron chi connectivity index (χ4n) is 1.57. The second-order valence-electron chi connectivity index (χ2n) is 3.77. The average molecular weight is 258 g/mol. The number of halogens is 1. The van der Waals surface area contributed by atoms with E-state index in [1.54, 1.807) is 24.3 Å². The second-order valence-corrected chi connectivity index (χ2v) is 3.77. The molecule has 2 rings (SSSR count). The third-order valence-electron chi connectivity index (χ3n) is 2.49. The number of aliphatic hydroxyl groups is 1. The van der Waals surface area contributed by atoms with Crippen molar-refractivity contribution in [3.8, 4) is 6.07 Å². The minimum atomic E-state index is -0.304. The lowest BCUT2D eigenvalue weighted by Gasteiger charge is -1.99. The zero-order chi connectivity index (χ0) is 13.7. The molecule has 0 saturated carbocycles. The maximum Gasteiger partial charge on any atom is 0.190 e. The number of nitrogens with zero attached hydrogens (tertiary/aromatic N) is 4. The van der Waals surface area contributed by atoms with Gasteiger partial charge in [-0.25, -0.2) is 9.07 Å². The maximum atomic E-state index is 12.8. The molecule has 0 aliphatic rings. The maximum absolute atomic E-state index is 12.8. The Hall–Kier alpha value is -2.52. The average Bonchev–Trinajstić information content (AvgIpc) is 2.81. The van der Waals surface area contributed by atoms with Crippen molar-refractivity contribution in [2.24, 2.45) is 0 Å². The predicted octanol–water partition coefficient (Wildman–Crippen LogP) is 1.45. The topological polar surface area (TPSA) is 74.7 Å². The fraction of sp³-hybridized carbons (Fsp3) is 0.154. The van der Waals surface area contributed by atoms with Crippen LogP contribution in [0.25, 0.3) is 12.2 Å². The first-order chi connectivity index (χ1) is 9.24. The third kappa shape index (κ3) is 3.03.